The Morgan fingerprint density at radius 3 is 2.15 bits per heavy atom. The predicted octanol–water partition coefficient (Wildman–Crippen LogP) is 5.48. The molecule has 0 saturated heterocycles. The average molecular weight is 294 g/mol. The third-order valence-corrected chi connectivity index (χ3v) is 3.86. The van der Waals surface area contributed by atoms with Gasteiger partial charge in [-0.05, 0) is 29.8 Å². The first kappa shape index (κ1) is 14.7. The maximum Gasteiger partial charge on any atom is 0.308 e. The Bertz CT molecular complexity index is 564. The summed E-state index contributed by atoms with van der Waals surface area (Å²) in [6.45, 7) is 3.48. The molecule has 0 heterocycles. The van der Waals surface area contributed by atoms with Gasteiger partial charge in [0.15, 0.2) is 0 Å². The maximum atomic E-state index is 14.4. The van der Waals surface area contributed by atoms with E-state index in [9.17, 15) is 13.2 Å². The highest BCUT2D eigenvalue weighted by Gasteiger charge is 2.39. The first-order valence-corrected chi connectivity index (χ1v) is 6.84. The smallest absolute Gasteiger partial charge is 0.207 e. The van der Waals surface area contributed by atoms with E-state index in [0.29, 0.717) is 22.2 Å². The van der Waals surface area contributed by atoms with E-state index in [4.69, 9.17) is 0 Å². The summed E-state index contributed by atoms with van der Waals surface area (Å²) in [6.07, 6.45) is 1.20. The molecule has 0 saturated carbocycles. The Morgan fingerprint density at radius 1 is 1.00 bits per heavy atom. The molecule has 1 unspecified atom stereocenters. The van der Waals surface area contributed by atoms with Gasteiger partial charge in [-0.25, -0.2) is 4.39 Å². The lowest BCUT2D eigenvalue weighted by Gasteiger charge is -2.24. The van der Waals surface area contributed by atoms with E-state index in [1.807, 2.05) is 0 Å². The lowest BCUT2D eigenvalue weighted by atomic mass is 9.99. The fraction of sp³-hybridized carbons (Fsp3) is 0.125. The van der Waals surface area contributed by atoms with Crippen molar-refractivity contribution in [1.82, 2.24) is 0 Å². The summed E-state index contributed by atoms with van der Waals surface area (Å²) in [6, 6.07) is 13.5. The number of hydrogen-bond donors (Lipinski definition) is 0. The summed E-state index contributed by atoms with van der Waals surface area (Å²) in [5.74, 6) is -1.62. The Morgan fingerprint density at radius 2 is 1.60 bits per heavy atom. The topological polar surface area (TPSA) is 0 Å². The minimum atomic E-state index is -3.05. The van der Waals surface area contributed by atoms with E-state index in [0.717, 1.165) is 0 Å². The van der Waals surface area contributed by atoms with Crippen molar-refractivity contribution in [1.29, 1.82) is 0 Å². The fourth-order valence-electron chi connectivity index (χ4n) is 1.85. The lowest BCUT2D eigenvalue weighted by Crippen LogP contribution is -2.20. The van der Waals surface area contributed by atoms with Crippen LogP contribution in [-0.4, -0.2) is 5.25 Å². The van der Waals surface area contributed by atoms with Crippen LogP contribution in [0, 0.1) is 5.82 Å². The number of alkyl halides is 2. The van der Waals surface area contributed by atoms with Crippen molar-refractivity contribution >= 4 is 11.8 Å². The SMILES string of the molecule is C=CC(c1ccc(F)cc1)C(F)(F)Sc1ccccc1. The Hall–Kier alpha value is -1.68. The third-order valence-electron chi connectivity index (χ3n) is 2.82. The van der Waals surface area contributed by atoms with Crippen LogP contribution in [0.15, 0.2) is 72.1 Å². The molecule has 20 heavy (non-hydrogen) atoms. The summed E-state index contributed by atoms with van der Waals surface area (Å²) in [5.41, 5.74) is 0.342. The number of thioether (sulfide) groups is 1. The molecule has 0 nitrogen and oxygen atoms in total. The van der Waals surface area contributed by atoms with Gasteiger partial charge in [0, 0.05) is 4.90 Å². The largest absolute Gasteiger partial charge is 0.308 e. The van der Waals surface area contributed by atoms with Crippen molar-refractivity contribution in [2.24, 2.45) is 0 Å². The highest BCUT2D eigenvalue weighted by Crippen LogP contribution is 2.46. The van der Waals surface area contributed by atoms with Crippen molar-refractivity contribution in [2.75, 3.05) is 0 Å². The van der Waals surface area contributed by atoms with Gasteiger partial charge in [-0.1, -0.05) is 48.2 Å². The van der Waals surface area contributed by atoms with Crippen molar-refractivity contribution in [2.45, 2.75) is 16.1 Å². The van der Waals surface area contributed by atoms with Crippen molar-refractivity contribution < 1.29 is 13.2 Å². The number of allylic oxidation sites excluding steroid dienone is 1. The molecule has 0 aromatic heterocycles. The average Bonchev–Trinajstić information content (AvgIpc) is 2.42. The number of hydrogen-bond acceptors (Lipinski definition) is 1. The van der Waals surface area contributed by atoms with Crippen molar-refractivity contribution in [3.05, 3.63) is 78.6 Å². The van der Waals surface area contributed by atoms with Gasteiger partial charge < -0.3 is 0 Å². The molecule has 0 radical (unpaired) electrons. The number of rotatable bonds is 5. The summed E-state index contributed by atoms with van der Waals surface area (Å²) in [7, 11) is 0. The normalized spacial score (nSPS) is 12.9. The third kappa shape index (κ3) is 3.45. The molecule has 104 valence electrons. The Labute approximate surface area is 120 Å². The van der Waals surface area contributed by atoms with E-state index in [1.54, 1.807) is 30.3 Å². The maximum absolute atomic E-state index is 14.4. The molecular formula is C16H13F3S. The molecular weight excluding hydrogens is 281 g/mol. The highest BCUT2D eigenvalue weighted by molar-refractivity contribution is 8.00. The number of benzene rings is 2. The van der Waals surface area contributed by atoms with E-state index < -0.39 is 17.0 Å². The van der Waals surface area contributed by atoms with Crippen LogP contribution in [0.1, 0.15) is 11.5 Å². The van der Waals surface area contributed by atoms with Gasteiger partial charge in [0.25, 0.3) is 0 Å². The molecule has 4 heteroatoms. The van der Waals surface area contributed by atoms with E-state index in [2.05, 4.69) is 6.58 Å². The first-order valence-electron chi connectivity index (χ1n) is 6.03. The van der Waals surface area contributed by atoms with E-state index in [-0.39, 0.29) is 0 Å². The molecule has 2 rings (SSSR count). The summed E-state index contributed by atoms with van der Waals surface area (Å²) in [5, 5.41) is -3.05. The molecule has 2 aromatic rings. The zero-order valence-electron chi connectivity index (χ0n) is 10.6. The van der Waals surface area contributed by atoms with E-state index >= 15 is 0 Å². The molecule has 0 fully saturated rings. The minimum absolute atomic E-state index is 0.342. The summed E-state index contributed by atoms with van der Waals surface area (Å²) in [4.78, 5) is 0.478. The first-order chi connectivity index (χ1) is 9.53. The Balaban J connectivity index is 2.25. The predicted molar refractivity (Wildman–Crippen MR) is 76.6 cm³/mol. The number of halogens is 3. The highest BCUT2D eigenvalue weighted by atomic mass is 32.2. The lowest BCUT2D eigenvalue weighted by molar-refractivity contribution is 0.0894. The van der Waals surface area contributed by atoms with Crippen LogP contribution in [-0.2, 0) is 0 Å². The van der Waals surface area contributed by atoms with Gasteiger partial charge in [-0.3, -0.25) is 0 Å². The quantitative estimate of drug-likeness (QED) is 0.519. The van der Waals surface area contributed by atoms with E-state index in [1.165, 1.54) is 30.3 Å². The second kappa shape index (κ2) is 6.18. The van der Waals surface area contributed by atoms with Gasteiger partial charge in [-0.2, -0.15) is 8.78 Å². The Kier molecular flexibility index (Phi) is 4.55. The van der Waals surface area contributed by atoms with Crippen LogP contribution in [0.2, 0.25) is 0 Å². The van der Waals surface area contributed by atoms with Gasteiger partial charge in [0.05, 0.1) is 5.92 Å². The molecule has 0 aliphatic heterocycles. The van der Waals surface area contributed by atoms with Crippen LogP contribution in [0.5, 0.6) is 0 Å². The molecule has 0 aliphatic carbocycles. The summed E-state index contributed by atoms with van der Waals surface area (Å²) >= 11 is 0.479. The van der Waals surface area contributed by atoms with Gasteiger partial charge in [-0.15, -0.1) is 6.58 Å². The molecule has 2 aromatic carbocycles. The minimum Gasteiger partial charge on any atom is -0.207 e. The molecule has 0 bridgehead atoms. The zero-order valence-corrected chi connectivity index (χ0v) is 11.4. The molecule has 0 N–H and O–H groups in total. The molecule has 1 atom stereocenters. The fourth-order valence-corrected chi connectivity index (χ4v) is 2.81. The van der Waals surface area contributed by atoms with Crippen LogP contribution in [0.4, 0.5) is 13.2 Å². The van der Waals surface area contributed by atoms with Crippen molar-refractivity contribution in [3.8, 4) is 0 Å². The monoisotopic (exact) mass is 294 g/mol. The van der Waals surface area contributed by atoms with Crippen LogP contribution < -0.4 is 0 Å². The zero-order chi connectivity index (χ0) is 14.6. The second-order valence-corrected chi connectivity index (χ2v) is 5.46. The molecule has 0 amide bonds. The van der Waals surface area contributed by atoms with Gasteiger partial charge in [0.1, 0.15) is 5.82 Å². The van der Waals surface area contributed by atoms with Gasteiger partial charge in [0.2, 0.25) is 0 Å². The van der Waals surface area contributed by atoms with Gasteiger partial charge >= 0.3 is 5.25 Å². The molecule has 0 aliphatic rings. The second-order valence-electron chi connectivity index (χ2n) is 4.24. The standard InChI is InChI=1S/C16H13F3S/c1-2-15(12-8-10-13(17)11-9-12)16(18,19)20-14-6-4-3-5-7-14/h2-11,15H,1H2. The van der Waals surface area contributed by atoms with Crippen LogP contribution in [0.3, 0.4) is 0 Å². The van der Waals surface area contributed by atoms with Crippen LogP contribution in [0.25, 0.3) is 0 Å². The van der Waals surface area contributed by atoms with Crippen LogP contribution >= 0.6 is 11.8 Å². The molecule has 0 spiro atoms. The summed E-state index contributed by atoms with van der Waals surface area (Å²) < 4.78 is 41.6. The van der Waals surface area contributed by atoms with Crippen molar-refractivity contribution in [3.63, 3.8) is 0 Å².